The summed E-state index contributed by atoms with van der Waals surface area (Å²) in [5, 5.41) is 29.1. The smallest absolute Gasteiger partial charge is 0.377 e. The van der Waals surface area contributed by atoms with Crippen LogP contribution in [0.5, 0.6) is 11.5 Å². The molecule has 3 aromatic rings. The predicted octanol–water partition coefficient (Wildman–Crippen LogP) is 3.79. The van der Waals surface area contributed by atoms with Crippen molar-refractivity contribution >= 4 is 23.8 Å². The van der Waals surface area contributed by atoms with E-state index >= 15 is 0 Å². The SMILES string of the molecule is COCC1OC(C(=O)O)(C(=O)O)OC1C(=O)N(CC(=O)O)C(C)C(CCc1ccccc1)c1ccc(Oc2ccccc2)cc1. The summed E-state index contributed by atoms with van der Waals surface area (Å²) in [6, 6.07) is 25.4. The standard InChI is InChI=1S/C33H35NO11/c1-21(34(19-28(35)36)30(37)29-27(20-42-2)44-33(45-29,31(38)39)32(40)41)26(18-13-22-9-5-3-6-10-22)23-14-16-25(17-15-23)43-24-11-7-4-8-12-24/h3-12,14-17,21,26-27,29H,13,18-20H2,1-2H3,(H,35,36)(H,38,39)(H,40,41). The molecule has 4 unspecified atom stereocenters. The van der Waals surface area contributed by atoms with Gasteiger partial charge >= 0.3 is 23.7 Å². The van der Waals surface area contributed by atoms with Gasteiger partial charge < -0.3 is 39.2 Å². The van der Waals surface area contributed by atoms with Crippen molar-refractivity contribution in [1.82, 2.24) is 4.90 Å². The van der Waals surface area contributed by atoms with E-state index in [0.29, 0.717) is 24.3 Å². The van der Waals surface area contributed by atoms with Gasteiger partial charge in [-0.25, -0.2) is 9.59 Å². The number of aliphatic carboxylic acids is 3. The van der Waals surface area contributed by atoms with E-state index in [0.717, 1.165) is 16.0 Å². The van der Waals surface area contributed by atoms with Gasteiger partial charge in [0.1, 0.15) is 24.1 Å². The third kappa shape index (κ3) is 7.85. The highest BCUT2D eigenvalue weighted by molar-refractivity contribution is 6.01. The second kappa shape index (κ2) is 14.8. The van der Waals surface area contributed by atoms with Gasteiger partial charge in [0, 0.05) is 19.1 Å². The van der Waals surface area contributed by atoms with Gasteiger partial charge in [0.25, 0.3) is 5.91 Å². The molecule has 1 saturated heterocycles. The highest BCUT2D eigenvalue weighted by atomic mass is 16.8. The minimum absolute atomic E-state index is 0.381. The second-order valence-electron chi connectivity index (χ2n) is 10.6. The number of methoxy groups -OCH3 is 1. The lowest BCUT2D eigenvalue weighted by Gasteiger charge is -2.36. The van der Waals surface area contributed by atoms with Crippen LogP contribution in [-0.4, -0.2) is 88.3 Å². The molecular formula is C33H35NO11. The highest BCUT2D eigenvalue weighted by Crippen LogP contribution is 2.35. The first-order valence-corrected chi connectivity index (χ1v) is 14.3. The number of hydrogen-bond acceptors (Lipinski definition) is 8. The summed E-state index contributed by atoms with van der Waals surface area (Å²) < 4.78 is 21.5. The van der Waals surface area contributed by atoms with Crippen LogP contribution in [0.25, 0.3) is 0 Å². The quantitative estimate of drug-likeness (QED) is 0.211. The van der Waals surface area contributed by atoms with Crippen LogP contribution in [0.3, 0.4) is 0 Å². The Morgan fingerprint density at radius 1 is 0.844 bits per heavy atom. The van der Waals surface area contributed by atoms with Crippen LogP contribution in [0.2, 0.25) is 0 Å². The molecule has 0 aliphatic carbocycles. The Kier molecular flexibility index (Phi) is 10.9. The summed E-state index contributed by atoms with van der Waals surface area (Å²) in [6.07, 6.45) is -2.10. The summed E-state index contributed by atoms with van der Waals surface area (Å²) in [5.41, 5.74) is 1.83. The van der Waals surface area contributed by atoms with E-state index in [4.69, 9.17) is 18.9 Å². The monoisotopic (exact) mass is 621 g/mol. The Labute approximate surface area is 259 Å². The fourth-order valence-electron chi connectivity index (χ4n) is 5.36. The number of hydrogen-bond donors (Lipinski definition) is 3. The third-order valence-corrected chi connectivity index (χ3v) is 7.62. The highest BCUT2D eigenvalue weighted by Gasteiger charge is 2.62. The van der Waals surface area contributed by atoms with E-state index < -0.39 is 60.3 Å². The normalized spacial score (nSPS) is 18.4. The van der Waals surface area contributed by atoms with E-state index in [9.17, 15) is 34.5 Å². The maximum absolute atomic E-state index is 14.0. The van der Waals surface area contributed by atoms with E-state index in [1.54, 1.807) is 19.1 Å². The molecule has 1 aliphatic rings. The molecule has 3 aromatic carbocycles. The zero-order valence-electron chi connectivity index (χ0n) is 24.8. The van der Waals surface area contributed by atoms with Crippen molar-refractivity contribution in [2.45, 2.75) is 49.7 Å². The average molecular weight is 622 g/mol. The predicted molar refractivity (Wildman–Crippen MR) is 159 cm³/mol. The van der Waals surface area contributed by atoms with Crippen molar-refractivity contribution in [1.29, 1.82) is 0 Å². The zero-order valence-corrected chi connectivity index (χ0v) is 24.8. The topological polar surface area (TPSA) is 169 Å². The molecule has 0 aromatic heterocycles. The van der Waals surface area contributed by atoms with Crippen LogP contribution >= 0.6 is 0 Å². The number of carboxylic acids is 3. The van der Waals surface area contributed by atoms with Crippen molar-refractivity contribution in [3.8, 4) is 11.5 Å². The number of nitrogens with zero attached hydrogens (tertiary/aromatic N) is 1. The number of benzene rings is 3. The maximum atomic E-state index is 14.0. The van der Waals surface area contributed by atoms with Gasteiger partial charge in [0.2, 0.25) is 0 Å². The molecule has 3 N–H and O–H groups in total. The first-order chi connectivity index (χ1) is 21.6. The Morgan fingerprint density at radius 3 is 1.98 bits per heavy atom. The number of rotatable bonds is 15. The summed E-state index contributed by atoms with van der Waals surface area (Å²) in [7, 11) is 1.26. The van der Waals surface area contributed by atoms with Gasteiger partial charge in [-0.1, -0.05) is 60.7 Å². The summed E-state index contributed by atoms with van der Waals surface area (Å²) in [4.78, 5) is 50.9. The lowest BCUT2D eigenvalue weighted by Crippen LogP contribution is -2.53. The molecule has 4 rings (SSSR count). The van der Waals surface area contributed by atoms with Crippen molar-refractivity contribution in [3.05, 3.63) is 96.1 Å². The number of aryl methyl sites for hydroxylation is 1. The summed E-state index contributed by atoms with van der Waals surface area (Å²) in [5.74, 6) is -8.55. The number of carboxylic acid groups (broad SMARTS) is 3. The van der Waals surface area contributed by atoms with Crippen LogP contribution in [0, 0.1) is 0 Å². The lowest BCUT2D eigenvalue weighted by molar-refractivity contribution is -0.221. The lowest BCUT2D eigenvalue weighted by atomic mass is 9.85. The van der Waals surface area contributed by atoms with Crippen molar-refractivity contribution in [3.63, 3.8) is 0 Å². The molecule has 4 atom stereocenters. The molecule has 0 radical (unpaired) electrons. The third-order valence-electron chi connectivity index (χ3n) is 7.62. The fourth-order valence-corrected chi connectivity index (χ4v) is 5.36. The number of para-hydroxylation sites is 1. The molecule has 45 heavy (non-hydrogen) atoms. The maximum Gasteiger partial charge on any atom is 0.377 e. The van der Waals surface area contributed by atoms with Crippen LogP contribution < -0.4 is 4.74 Å². The minimum atomic E-state index is -3.16. The molecule has 1 heterocycles. The van der Waals surface area contributed by atoms with Gasteiger partial charge in [-0.05, 0) is 55.2 Å². The van der Waals surface area contributed by atoms with Crippen LogP contribution in [0.15, 0.2) is 84.9 Å². The molecule has 1 fully saturated rings. The van der Waals surface area contributed by atoms with Crippen molar-refractivity contribution in [2.24, 2.45) is 0 Å². The van der Waals surface area contributed by atoms with Gasteiger partial charge in [0.15, 0.2) is 6.10 Å². The van der Waals surface area contributed by atoms with Crippen LogP contribution in [0.4, 0.5) is 0 Å². The number of ether oxygens (including phenoxy) is 4. The zero-order chi connectivity index (χ0) is 32.6. The first kappa shape index (κ1) is 33.1. The summed E-state index contributed by atoms with van der Waals surface area (Å²) in [6.45, 7) is 0.547. The average Bonchev–Trinajstić information content (AvgIpc) is 3.42. The number of carbonyl (C=O) groups excluding carboxylic acids is 1. The van der Waals surface area contributed by atoms with E-state index in [1.165, 1.54) is 7.11 Å². The first-order valence-electron chi connectivity index (χ1n) is 14.3. The summed E-state index contributed by atoms with van der Waals surface area (Å²) >= 11 is 0. The largest absolute Gasteiger partial charge is 0.480 e. The van der Waals surface area contributed by atoms with Gasteiger partial charge in [0.05, 0.1) is 6.61 Å². The van der Waals surface area contributed by atoms with Gasteiger partial charge in [-0.15, -0.1) is 0 Å². The molecule has 0 bridgehead atoms. The Morgan fingerprint density at radius 2 is 1.42 bits per heavy atom. The molecule has 238 valence electrons. The molecule has 1 amide bonds. The van der Waals surface area contributed by atoms with E-state index in [2.05, 4.69) is 0 Å². The van der Waals surface area contributed by atoms with Gasteiger partial charge in [-0.2, -0.15) is 0 Å². The van der Waals surface area contributed by atoms with Crippen molar-refractivity contribution < 1.29 is 53.4 Å². The molecule has 12 nitrogen and oxygen atoms in total. The van der Waals surface area contributed by atoms with E-state index in [-0.39, 0.29) is 6.61 Å². The second-order valence-corrected chi connectivity index (χ2v) is 10.6. The van der Waals surface area contributed by atoms with Crippen LogP contribution in [-0.2, 0) is 39.8 Å². The van der Waals surface area contributed by atoms with E-state index in [1.807, 2.05) is 72.8 Å². The Bertz CT molecular complexity index is 1450. The minimum Gasteiger partial charge on any atom is -0.480 e. The Hall–Kier alpha value is -4.78. The number of amides is 1. The molecule has 0 saturated carbocycles. The van der Waals surface area contributed by atoms with Gasteiger partial charge in [-0.3, -0.25) is 9.59 Å². The molecule has 0 spiro atoms. The molecule has 1 aliphatic heterocycles. The molecule has 12 heteroatoms. The number of carbonyl (C=O) groups is 4. The Balaban J connectivity index is 1.67. The van der Waals surface area contributed by atoms with Crippen LogP contribution in [0.1, 0.15) is 30.4 Å². The van der Waals surface area contributed by atoms with Crippen molar-refractivity contribution in [2.75, 3.05) is 20.3 Å². The molecular weight excluding hydrogens is 586 g/mol. The fraction of sp³-hybridized carbons (Fsp3) is 0.333.